The maximum atomic E-state index is 6.51. The molecule has 5 heterocycles. The van der Waals surface area contributed by atoms with Crippen molar-refractivity contribution in [2.45, 2.75) is 12.8 Å². The van der Waals surface area contributed by atoms with E-state index in [4.69, 9.17) is 29.9 Å². The van der Waals surface area contributed by atoms with E-state index >= 15 is 0 Å². The van der Waals surface area contributed by atoms with E-state index in [1.165, 1.54) is 0 Å². The van der Waals surface area contributed by atoms with Gasteiger partial charge >= 0.3 is 0 Å². The standard InChI is InChI=1S/C31H21N7O/c1-19-25-26(21-11-4-2-5-12-21)27-29-34-28(24-17-16-20-10-8-9-15-23(20)33-24)36-37(29)18-32-30(27)39-31(25)38(35-19)22-13-6-3-7-14-22/h2-18,26H,1H3/t26-/m1/s1. The van der Waals surface area contributed by atoms with Gasteiger partial charge in [-0.25, -0.2) is 24.1 Å². The minimum Gasteiger partial charge on any atom is -0.420 e. The number of fused-ring (bicyclic) bond motifs is 5. The number of para-hydroxylation sites is 2. The molecule has 0 spiro atoms. The first-order valence-electron chi connectivity index (χ1n) is 12.7. The molecule has 8 heteroatoms. The molecule has 1 aliphatic heterocycles. The zero-order chi connectivity index (χ0) is 25.9. The SMILES string of the molecule is Cc1nn(-c2ccccc2)c2c1[C@@H](c1ccccc1)c1c(ncn3nc(-c4ccc5ccccc5n4)nc13)O2. The van der Waals surface area contributed by atoms with Crippen LogP contribution in [0.3, 0.4) is 0 Å². The average Bonchev–Trinajstić information content (AvgIpc) is 3.58. The van der Waals surface area contributed by atoms with Gasteiger partial charge in [0.25, 0.3) is 0 Å². The third-order valence-corrected chi connectivity index (χ3v) is 7.18. The molecule has 0 bridgehead atoms. The topological polar surface area (TPSA) is 83.0 Å². The molecule has 8 nitrogen and oxygen atoms in total. The minimum atomic E-state index is -0.194. The van der Waals surface area contributed by atoms with Gasteiger partial charge in [-0.05, 0) is 36.8 Å². The first kappa shape index (κ1) is 21.7. The van der Waals surface area contributed by atoms with Gasteiger partial charge in [-0.2, -0.15) is 5.10 Å². The van der Waals surface area contributed by atoms with Crippen LogP contribution in [0.5, 0.6) is 11.8 Å². The van der Waals surface area contributed by atoms with Gasteiger partial charge in [0.2, 0.25) is 17.6 Å². The van der Waals surface area contributed by atoms with E-state index in [0.717, 1.165) is 39.0 Å². The van der Waals surface area contributed by atoms with Gasteiger partial charge in [-0.15, -0.1) is 5.10 Å². The number of rotatable bonds is 3. The molecule has 39 heavy (non-hydrogen) atoms. The van der Waals surface area contributed by atoms with Gasteiger partial charge in [0.1, 0.15) is 12.0 Å². The summed E-state index contributed by atoms with van der Waals surface area (Å²) in [4.78, 5) is 14.5. The lowest BCUT2D eigenvalue weighted by atomic mass is 9.84. The predicted molar refractivity (Wildman–Crippen MR) is 147 cm³/mol. The summed E-state index contributed by atoms with van der Waals surface area (Å²) in [5.74, 6) is 1.49. The summed E-state index contributed by atoms with van der Waals surface area (Å²) in [5, 5.41) is 10.7. The van der Waals surface area contributed by atoms with Crippen molar-refractivity contribution in [3.8, 4) is 29.0 Å². The summed E-state index contributed by atoms with van der Waals surface area (Å²) in [5.41, 5.74) is 7.02. The van der Waals surface area contributed by atoms with Crippen molar-refractivity contribution in [1.29, 1.82) is 0 Å². The molecule has 1 aliphatic rings. The quantitative estimate of drug-likeness (QED) is 0.287. The number of ether oxygens (including phenoxy) is 1. The van der Waals surface area contributed by atoms with Crippen LogP contribution in [-0.4, -0.2) is 34.3 Å². The Morgan fingerprint density at radius 3 is 2.36 bits per heavy atom. The number of hydrogen-bond acceptors (Lipinski definition) is 6. The summed E-state index contributed by atoms with van der Waals surface area (Å²) in [6.07, 6.45) is 1.65. The predicted octanol–water partition coefficient (Wildman–Crippen LogP) is 6.12. The highest BCUT2D eigenvalue weighted by atomic mass is 16.5. The van der Waals surface area contributed by atoms with E-state index in [0.29, 0.717) is 28.9 Å². The van der Waals surface area contributed by atoms with Gasteiger partial charge in [-0.1, -0.05) is 72.8 Å². The maximum absolute atomic E-state index is 6.51. The third-order valence-electron chi connectivity index (χ3n) is 7.18. The van der Waals surface area contributed by atoms with E-state index in [-0.39, 0.29) is 5.92 Å². The number of benzene rings is 3. The van der Waals surface area contributed by atoms with Gasteiger partial charge in [-0.3, -0.25) is 0 Å². The summed E-state index contributed by atoms with van der Waals surface area (Å²) >= 11 is 0. The molecule has 0 saturated carbocycles. The molecule has 8 rings (SSSR count). The zero-order valence-electron chi connectivity index (χ0n) is 20.9. The van der Waals surface area contributed by atoms with Crippen LogP contribution in [0.15, 0.2) is 103 Å². The molecule has 4 aromatic heterocycles. The Balaban J connectivity index is 1.36. The lowest BCUT2D eigenvalue weighted by Crippen LogP contribution is -2.16. The zero-order valence-corrected chi connectivity index (χ0v) is 20.9. The Kier molecular flexibility index (Phi) is 4.63. The average molecular weight is 508 g/mol. The molecule has 1 atom stereocenters. The fourth-order valence-corrected chi connectivity index (χ4v) is 5.40. The molecule has 0 fully saturated rings. The second kappa shape index (κ2) is 8.32. The molecule has 0 amide bonds. The molecule has 0 N–H and O–H groups in total. The fraction of sp³-hybridized carbons (Fsp3) is 0.0645. The van der Waals surface area contributed by atoms with Crippen molar-refractivity contribution < 1.29 is 4.74 Å². The first-order valence-corrected chi connectivity index (χ1v) is 12.7. The largest absolute Gasteiger partial charge is 0.420 e. The fourth-order valence-electron chi connectivity index (χ4n) is 5.40. The summed E-state index contributed by atoms with van der Waals surface area (Å²) < 4.78 is 10.1. The summed E-state index contributed by atoms with van der Waals surface area (Å²) in [7, 11) is 0. The van der Waals surface area contributed by atoms with Gasteiger partial charge in [0.15, 0.2) is 5.65 Å². The van der Waals surface area contributed by atoms with Crippen LogP contribution in [0, 0.1) is 6.92 Å². The van der Waals surface area contributed by atoms with Crippen LogP contribution in [0.1, 0.15) is 28.3 Å². The van der Waals surface area contributed by atoms with Crippen molar-refractivity contribution >= 4 is 16.6 Å². The highest BCUT2D eigenvalue weighted by Crippen LogP contribution is 2.49. The van der Waals surface area contributed by atoms with E-state index in [2.05, 4.69) is 12.1 Å². The lowest BCUT2D eigenvalue weighted by Gasteiger charge is -2.26. The normalized spacial score (nSPS) is 14.2. The minimum absolute atomic E-state index is 0.194. The van der Waals surface area contributed by atoms with E-state index < -0.39 is 0 Å². The highest BCUT2D eigenvalue weighted by molar-refractivity contribution is 5.81. The molecular weight excluding hydrogens is 486 g/mol. The van der Waals surface area contributed by atoms with E-state index in [9.17, 15) is 0 Å². The molecular formula is C31H21N7O. The third kappa shape index (κ3) is 3.35. The molecule has 0 aliphatic carbocycles. The van der Waals surface area contributed by atoms with E-state index in [1.54, 1.807) is 10.8 Å². The van der Waals surface area contributed by atoms with Gasteiger partial charge < -0.3 is 4.74 Å². The number of aromatic nitrogens is 7. The first-order chi connectivity index (χ1) is 19.2. The highest BCUT2D eigenvalue weighted by Gasteiger charge is 2.38. The second-order valence-electron chi connectivity index (χ2n) is 9.55. The number of pyridine rings is 1. The molecule has 186 valence electrons. The molecule has 3 aromatic carbocycles. The van der Waals surface area contributed by atoms with Crippen molar-refractivity contribution in [2.75, 3.05) is 0 Å². The van der Waals surface area contributed by atoms with Crippen molar-refractivity contribution in [3.63, 3.8) is 0 Å². The van der Waals surface area contributed by atoms with E-state index in [1.807, 2.05) is 96.5 Å². The van der Waals surface area contributed by atoms with Crippen LogP contribution < -0.4 is 4.74 Å². The number of aryl methyl sites for hydroxylation is 1. The van der Waals surface area contributed by atoms with Crippen LogP contribution in [-0.2, 0) is 0 Å². The molecule has 7 aromatic rings. The van der Waals surface area contributed by atoms with Crippen molar-refractivity contribution in [2.24, 2.45) is 0 Å². The maximum Gasteiger partial charge on any atom is 0.230 e. The number of hydrogen-bond donors (Lipinski definition) is 0. The van der Waals surface area contributed by atoms with Crippen LogP contribution >= 0.6 is 0 Å². The Morgan fingerprint density at radius 2 is 1.51 bits per heavy atom. The van der Waals surface area contributed by atoms with Crippen LogP contribution in [0.4, 0.5) is 0 Å². The van der Waals surface area contributed by atoms with Crippen LogP contribution in [0.25, 0.3) is 33.8 Å². The molecule has 0 radical (unpaired) electrons. The Bertz CT molecular complexity index is 2010. The monoisotopic (exact) mass is 507 g/mol. The number of nitrogens with zero attached hydrogens (tertiary/aromatic N) is 7. The van der Waals surface area contributed by atoms with Gasteiger partial charge in [0, 0.05) is 5.39 Å². The molecule has 0 unspecified atom stereocenters. The Hall–Kier alpha value is -5.37. The smallest absolute Gasteiger partial charge is 0.230 e. The van der Waals surface area contributed by atoms with Crippen molar-refractivity contribution in [1.82, 2.24) is 34.3 Å². The lowest BCUT2D eigenvalue weighted by molar-refractivity contribution is 0.402. The van der Waals surface area contributed by atoms with Gasteiger partial charge in [0.05, 0.1) is 33.9 Å². The van der Waals surface area contributed by atoms with Crippen molar-refractivity contribution in [3.05, 3.63) is 126 Å². The Labute approximate surface area is 223 Å². The second-order valence-corrected chi connectivity index (χ2v) is 9.55. The van der Waals surface area contributed by atoms with Crippen LogP contribution in [0.2, 0.25) is 0 Å². The summed E-state index contributed by atoms with van der Waals surface area (Å²) in [6.45, 7) is 2.02. The summed E-state index contributed by atoms with van der Waals surface area (Å²) in [6, 6.07) is 32.4. The Morgan fingerprint density at radius 1 is 0.744 bits per heavy atom. The molecule has 0 saturated heterocycles.